The van der Waals surface area contributed by atoms with Crippen LogP contribution in [0.2, 0.25) is 0 Å². The fourth-order valence-corrected chi connectivity index (χ4v) is 3.49. The molecule has 0 spiro atoms. The van der Waals surface area contributed by atoms with Gasteiger partial charge in [0.2, 0.25) is 5.91 Å². The summed E-state index contributed by atoms with van der Waals surface area (Å²) in [5, 5.41) is 7.63. The van der Waals surface area contributed by atoms with Crippen LogP contribution in [-0.4, -0.2) is 46.8 Å². The Bertz CT molecular complexity index is 512. The fourth-order valence-electron chi connectivity index (χ4n) is 3.49. The highest BCUT2D eigenvalue weighted by Crippen LogP contribution is 2.33. The molecule has 0 aromatic carbocycles. The van der Waals surface area contributed by atoms with Crippen molar-refractivity contribution in [2.24, 2.45) is 18.4 Å². The highest BCUT2D eigenvalue weighted by atomic mass is 16.2. The van der Waals surface area contributed by atoms with Gasteiger partial charge in [0.15, 0.2) is 0 Å². The van der Waals surface area contributed by atoms with E-state index in [2.05, 4.69) is 29.2 Å². The molecule has 2 atom stereocenters. The molecule has 2 aliphatic heterocycles. The quantitative estimate of drug-likeness (QED) is 0.895. The van der Waals surface area contributed by atoms with Gasteiger partial charge in [-0.25, -0.2) is 0 Å². The number of hydrogen-bond acceptors (Lipinski definition) is 3. The van der Waals surface area contributed by atoms with E-state index in [0.29, 0.717) is 11.3 Å². The Labute approximate surface area is 126 Å². The fraction of sp³-hybridized carbons (Fsp3) is 0.750. The number of aromatic nitrogens is 2. The molecule has 5 nitrogen and oxygen atoms in total. The van der Waals surface area contributed by atoms with E-state index in [0.717, 1.165) is 39.0 Å². The summed E-state index contributed by atoms with van der Waals surface area (Å²) in [6.07, 6.45) is 6.15. The van der Waals surface area contributed by atoms with E-state index in [4.69, 9.17) is 0 Å². The molecule has 1 aromatic heterocycles. The van der Waals surface area contributed by atoms with Gasteiger partial charge in [0.05, 0.1) is 12.1 Å². The van der Waals surface area contributed by atoms with Gasteiger partial charge < -0.3 is 10.2 Å². The average Bonchev–Trinajstić information content (AvgIpc) is 3.06. The van der Waals surface area contributed by atoms with Crippen molar-refractivity contribution in [2.75, 3.05) is 26.2 Å². The summed E-state index contributed by atoms with van der Waals surface area (Å²) in [7, 11) is 1.93. The van der Waals surface area contributed by atoms with Gasteiger partial charge in [-0.05, 0) is 23.8 Å². The van der Waals surface area contributed by atoms with E-state index >= 15 is 0 Å². The second kappa shape index (κ2) is 5.44. The lowest BCUT2D eigenvalue weighted by Crippen LogP contribution is -2.45. The van der Waals surface area contributed by atoms with E-state index in [1.165, 1.54) is 5.56 Å². The van der Waals surface area contributed by atoms with Crippen LogP contribution in [-0.2, 0) is 11.8 Å². The minimum Gasteiger partial charge on any atom is -0.342 e. The molecule has 0 saturated carbocycles. The van der Waals surface area contributed by atoms with Crippen molar-refractivity contribution in [3.05, 3.63) is 18.0 Å². The molecule has 3 heterocycles. The van der Waals surface area contributed by atoms with Crippen molar-refractivity contribution in [1.29, 1.82) is 0 Å². The van der Waals surface area contributed by atoms with E-state index < -0.39 is 0 Å². The molecule has 2 saturated heterocycles. The molecular weight excluding hydrogens is 264 g/mol. The molecule has 0 unspecified atom stereocenters. The van der Waals surface area contributed by atoms with Crippen LogP contribution < -0.4 is 5.32 Å². The van der Waals surface area contributed by atoms with Gasteiger partial charge in [0.1, 0.15) is 0 Å². The monoisotopic (exact) mass is 290 g/mol. The minimum absolute atomic E-state index is 0.0652. The molecule has 116 valence electrons. The van der Waals surface area contributed by atoms with Crippen molar-refractivity contribution in [2.45, 2.75) is 32.6 Å². The summed E-state index contributed by atoms with van der Waals surface area (Å²) < 4.78 is 1.82. The third-order valence-corrected chi connectivity index (χ3v) is 5.11. The number of aryl methyl sites for hydroxylation is 1. The van der Waals surface area contributed by atoms with Crippen LogP contribution in [0.4, 0.5) is 0 Å². The van der Waals surface area contributed by atoms with Gasteiger partial charge in [-0.2, -0.15) is 5.10 Å². The van der Waals surface area contributed by atoms with Gasteiger partial charge in [0.25, 0.3) is 0 Å². The molecule has 0 radical (unpaired) electrons. The van der Waals surface area contributed by atoms with Crippen molar-refractivity contribution < 1.29 is 4.79 Å². The molecule has 2 aliphatic rings. The maximum atomic E-state index is 12.9. The Morgan fingerprint density at radius 2 is 2.05 bits per heavy atom. The number of likely N-dealkylation sites (tertiary alicyclic amines) is 1. The van der Waals surface area contributed by atoms with Gasteiger partial charge in [-0.15, -0.1) is 0 Å². The van der Waals surface area contributed by atoms with Crippen LogP contribution in [0.25, 0.3) is 0 Å². The van der Waals surface area contributed by atoms with Crippen molar-refractivity contribution in [1.82, 2.24) is 20.0 Å². The van der Waals surface area contributed by atoms with E-state index in [-0.39, 0.29) is 11.8 Å². The third kappa shape index (κ3) is 2.98. The van der Waals surface area contributed by atoms with Gasteiger partial charge >= 0.3 is 0 Å². The van der Waals surface area contributed by atoms with Crippen molar-refractivity contribution in [3.63, 3.8) is 0 Å². The Balaban J connectivity index is 1.69. The Hall–Kier alpha value is -1.36. The van der Waals surface area contributed by atoms with Crippen molar-refractivity contribution in [3.8, 4) is 0 Å². The molecule has 0 bridgehead atoms. The molecule has 2 fully saturated rings. The van der Waals surface area contributed by atoms with Crippen LogP contribution >= 0.6 is 0 Å². The zero-order valence-corrected chi connectivity index (χ0v) is 13.3. The topological polar surface area (TPSA) is 50.2 Å². The number of hydrogen-bond donors (Lipinski definition) is 1. The summed E-state index contributed by atoms with van der Waals surface area (Å²) in [6, 6.07) is 0. The van der Waals surface area contributed by atoms with Gasteiger partial charge in [-0.3, -0.25) is 9.48 Å². The third-order valence-electron chi connectivity index (χ3n) is 5.11. The van der Waals surface area contributed by atoms with Crippen LogP contribution in [0.5, 0.6) is 0 Å². The maximum absolute atomic E-state index is 12.9. The lowest BCUT2D eigenvalue weighted by atomic mass is 9.81. The maximum Gasteiger partial charge on any atom is 0.227 e. The van der Waals surface area contributed by atoms with Gasteiger partial charge in [-0.1, -0.05) is 13.8 Å². The SMILES string of the molecule is Cn1cc([C@H]2CNC[C@@H]2C(=O)N2CCC(C)(C)CC2)cn1. The molecule has 21 heavy (non-hydrogen) atoms. The lowest BCUT2D eigenvalue weighted by Gasteiger charge is -2.38. The van der Waals surface area contributed by atoms with Crippen LogP contribution in [0.15, 0.2) is 12.4 Å². The second-order valence-corrected chi connectivity index (χ2v) is 7.31. The first-order chi connectivity index (χ1) is 9.96. The molecule has 3 rings (SSSR count). The summed E-state index contributed by atoms with van der Waals surface area (Å²) in [5.74, 6) is 0.654. The molecule has 1 amide bonds. The molecule has 0 aliphatic carbocycles. The number of carbonyl (C=O) groups excluding carboxylic acids is 1. The largest absolute Gasteiger partial charge is 0.342 e. The number of carbonyl (C=O) groups is 1. The first kappa shape index (κ1) is 14.6. The summed E-state index contributed by atoms with van der Waals surface area (Å²) in [4.78, 5) is 14.9. The number of piperidine rings is 1. The predicted octanol–water partition coefficient (Wildman–Crippen LogP) is 1.37. The first-order valence-corrected chi connectivity index (χ1v) is 7.94. The number of nitrogens with zero attached hydrogens (tertiary/aromatic N) is 3. The number of nitrogens with one attached hydrogen (secondary N) is 1. The standard InChI is InChI=1S/C16H26N4O/c1-16(2)4-6-20(7-5-16)15(21)14-10-17-9-13(14)12-8-18-19(3)11-12/h8,11,13-14,17H,4-7,9-10H2,1-3H3/t13-,14+/m1/s1. The minimum atomic E-state index is 0.0652. The van der Waals surface area contributed by atoms with Crippen LogP contribution in [0.3, 0.4) is 0 Å². The van der Waals surface area contributed by atoms with Gasteiger partial charge in [0, 0.05) is 45.3 Å². The zero-order chi connectivity index (χ0) is 15.0. The molecule has 1 aromatic rings. The highest BCUT2D eigenvalue weighted by Gasteiger charge is 2.38. The zero-order valence-electron chi connectivity index (χ0n) is 13.3. The first-order valence-electron chi connectivity index (χ1n) is 7.94. The Morgan fingerprint density at radius 1 is 1.33 bits per heavy atom. The number of amides is 1. The van der Waals surface area contributed by atoms with Crippen LogP contribution in [0, 0.1) is 11.3 Å². The van der Waals surface area contributed by atoms with Crippen molar-refractivity contribution >= 4 is 5.91 Å². The predicted molar refractivity (Wildman–Crippen MR) is 81.9 cm³/mol. The number of rotatable bonds is 2. The lowest BCUT2D eigenvalue weighted by molar-refractivity contribution is -0.137. The molecule has 1 N–H and O–H groups in total. The second-order valence-electron chi connectivity index (χ2n) is 7.31. The average molecular weight is 290 g/mol. The normalized spacial score (nSPS) is 28.8. The molecular formula is C16H26N4O. The van der Waals surface area contributed by atoms with Crippen LogP contribution in [0.1, 0.15) is 38.2 Å². The summed E-state index contributed by atoms with van der Waals surface area (Å²) >= 11 is 0. The molecule has 5 heteroatoms. The van der Waals surface area contributed by atoms with E-state index in [1.54, 1.807) is 0 Å². The van der Waals surface area contributed by atoms with E-state index in [1.807, 2.05) is 24.1 Å². The summed E-state index contributed by atoms with van der Waals surface area (Å²) in [6.45, 7) is 8.07. The highest BCUT2D eigenvalue weighted by molar-refractivity contribution is 5.80. The van der Waals surface area contributed by atoms with E-state index in [9.17, 15) is 4.79 Å². The Morgan fingerprint density at radius 3 is 2.67 bits per heavy atom. The smallest absolute Gasteiger partial charge is 0.227 e. The Kier molecular flexibility index (Phi) is 3.78. The summed E-state index contributed by atoms with van der Waals surface area (Å²) in [5.41, 5.74) is 1.56.